The van der Waals surface area contributed by atoms with Crippen molar-refractivity contribution in [2.24, 2.45) is 0 Å². The van der Waals surface area contributed by atoms with Gasteiger partial charge in [0.2, 0.25) is 15.9 Å². The smallest absolute Gasteiger partial charge is 0.256 e. The van der Waals surface area contributed by atoms with Gasteiger partial charge < -0.3 is 14.5 Å². The monoisotopic (exact) mass is 595 g/mol. The van der Waals surface area contributed by atoms with Crippen molar-refractivity contribution >= 4 is 27.5 Å². The molecule has 0 radical (unpaired) electrons. The number of halogens is 2. The molecule has 42 heavy (non-hydrogen) atoms. The van der Waals surface area contributed by atoms with Crippen LogP contribution in [0.5, 0.6) is 5.75 Å². The summed E-state index contributed by atoms with van der Waals surface area (Å²) < 4.78 is 61.9. The molecule has 2 amide bonds. The number of likely N-dealkylation sites (tertiary alicyclic amines) is 1. The van der Waals surface area contributed by atoms with Crippen LogP contribution in [0.1, 0.15) is 42.7 Å². The van der Waals surface area contributed by atoms with Crippen molar-refractivity contribution in [1.82, 2.24) is 9.62 Å². The minimum Gasteiger partial charge on any atom is -0.491 e. The summed E-state index contributed by atoms with van der Waals surface area (Å²) in [6, 6.07) is 18.9. The Kier molecular flexibility index (Phi) is 7.61. The molecule has 1 saturated carbocycles. The van der Waals surface area contributed by atoms with Crippen LogP contribution in [0.2, 0.25) is 0 Å². The molecule has 220 valence electrons. The van der Waals surface area contributed by atoms with Gasteiger partial charge in [0.05, 0.1) is 23.5 Å². The maximum Gasteiger partial charge on any atom is 0.256 e. The van der Waals surface area contributed by atoms with Crippen LogP contribution in [-0.2, 0) is 19.6 Å². The second-order valence-electron chi connectivity index (χ2n) is 11.0. The van der Waals surface area contributed by atoms with E-state index in [0.29, 0.717) is 31.5 Å². The lowest BCUT2D eigenvalue weighted by Crippen LogP contribution is -2.49. The number of anilines is 1. The van der Waals surface area contributed by atoms with Crippen LogP contribution in [0.15, 0.2) is 72.8 Å². The van der Waals surface area contributed by atoms with Crippen molar-refractivity contribution in [3.63, 3.8) is 0 Å². The molecule has 3 aromatic rings. The fourth-order valence-electron chi connectivity index (χ4n) is 5.91. The maximum absolute atomic E-state index is 14.5. The number of hydrogen-bond acceptors (Lipinski definition) is 6. The molecule has 1 aliphatic carbocycles. The van der Waals surface area contributed by atoms with Crippen LogP contribution in [0, 0.1) is 11.6 Å². The molecule has 0 aromatic heterocycles. The van der Waals surface area contributed by atoms with Gasteiger partial charge in [-0.2, -0.15) is 0 Å². The van der Waals surface area contributed by atoms with E-state index in [1.165, 1.54) is 4.90 Å². The molecule has 6 rings (SSSR count). The lowest BCUT2D eigenvalue weighted by Gasteiger charge is -2.31. The zero-order valence-corrected chi connectivity index (χ0v) is 23.6. The number of nitrogens with one attached hydrogen (secondary N) is 1. The Balaban J connectivity index is 1.38. The van der Waals surface area contributed by atoms with E-state index in [-0.39, 0.29) is 31.2 Å². The summed E-state index contributed by atoms with van der Waals surface area (Å²) in [6.07, 6.45) is 1.61. The molecule has 2 fully saturated rings. The third-order valence-electron chi connectivity index (χ3n) is 8.14. The van der Waals surface area contributed by atoms with Crippen LogP contribution in [-0.4, -0.2) is 62.2 Å². The SMILES string of the molecule is O=C(NS(=O)(=O)C1CC1)[C@@H]1C[C@H](N2CCCOc3cc(F)c(F)cc32)CN1C(=O)C(c1ccccc1)c1ccccc1. The molecule has 0 unspecified atom stereocenters. The number of sulfonamides is 1. The maximum atomic E-state index is 14.5. The Bertz CT molecular complexity index is 1550. The van der Waals surface area contributed by atoms with Crippen molar-refractivity contribution in [2.75, 3.05) is 24.6 Å². The first kappa shape index (κ1) is 28.1. The summed E-state index contributed by atoms with van der Waals surface area (Å²) in [5, 5.41) is -0.614. The van der Waals surface area contributed by atoms with E-state index < -0.39 is 50.8 Å². The minimum absolute atomic E-state index is 0.0784. The van der Waals surface area contributed by atoms with Crippen molar-refractivity contribution in [2.45, 2.75) is 48.9 Å². The largest absolute Gasteiger partial charge is 0.491 e. The molecule has 3 aliphatic rings. The molecule has 2 aliphatic heterocycles. The van der Waals surface area contributed by atoms with Gasteiger partial charge in [0.25, 0.3) is 5.91 Å². The van der Waals surface area contributed by atoms with E-state index in [0.717, 1.165) is 23.3 Å². The lowest BCUT2D eigenvalue weighted by molar-refractivity contribution is -0.138. The van der Waals surface area contributed by atoms with Crippen LogP contribution < -0.4 is 14.4 Å². The highest BCUT2D eigenvalue weighted by atomic mass is 32.2. The van der Waals surface area contributed by atoms with E-state index >= 15 is 0 Å². The van der Waals surface area contributed by atoms with Crippen molar-refractivity contribution < 1.29 is 31.5 Å². The number of amides is 2. The predicted octanol–water partition coefficient (Wildman–Crippen LogP) is 3.96. The Morgan fingerprint density at radius 2 is 1.55 bits per heavy atom. The van der Waals surface area contributed by atoms with Crippen LogP contribution in [0.4, 0.5) is 14.5 Å². The predicted molar refractivity (Wildman–Crippen MR) is 153 cm³/mol. The standard InChI is InChI=1S/C31H31F2N3O5S/c32-24-17-26-28(18-25(24)33)41-15-7-14-35(26)22-16-27(30(37)34-42(39,40)23-12-13-23)36(19-22)31(38)29(20-8-3-1-4-9-20)21-10-5-2-6-11-21/h1-6,8-11,17-18,22-23,27,29H,7,12-16,19H2,(H,34,37)/t22-,27-/m0/s1. The molecule has 2 heterocycles. The van der Waals surface area contributed by atoms with E-state index in [1.807, 2.05) is 65.6 Å². The molecule has 1 saturated heterocycles. The van der Waals surface area contributed by atoms with Gasteiger partial charge in [-0.15, -0.1) is 0 Å². The second kappa shape index (κ2) is 11.4. The average Bonchev–Trinajstić information content (AvgIpc) is 3.78. The molecule has 8 nitrogen and oxygen atoms in total. The number of ether oxygens (including phenoxy) is 1. The third-order valence-corrected chi connectivity index (χ3v) is 9.97. The lowest BCUT2D eigenvalue weighted by atomic mass is 9.90. The molecule has 0 spiro atoms. The zero-order chi connectivity index (χ0) is 29.4. The highest BCUT2D eigenvalue weighted by molar-refractivity contribution is 7.90. The van der Waals surface area contributed by atoms with Crippen molar-refractivity contribution in [3.8, 4) is 5.75 Å². The number of benzene rings is 3. The molecule has 2 atom stereocenters. The summed E-state index contributed by atoms with van der Waals surface area (Å²) in [4.78, 5) is 31.3. The Morgan fingerprint density at radius 1 is 0.929 bits per heavy atom. The van der Waals surface area contributed by atoms with Crippen LogP contribution in [0.3, 0.4) is 0 Å². The summed E-state index contributed by atoms with van der Waals surface area (Å²) in [7, 11) is -3.87. The van der Waals surface area contributed by atoms with Gasteiger partial charge in [-0.1, -0.05) is 60.7 Å². The number of carbonyl (C=O) groups excluding carboxylic acids is 2. The Labute approximate surface area is 243 Å². The quantitative estimate of drug-likeness (QED) is 0.444. The highest BCUT2D eigenvalue weighted by Crippen LogP contribution is 2.39. The van der Waals surface area contributed by atoms with Crippen molar-refractivity contribution in [1.29, 1.82) is 0 Å². The molecular weight excluding hydrogens is 564 g/mol. The number of rotatable bonds is 7. The van der Waals surface area contributed by atoms with Crippen molar-refractivity contribution in [3.05, 3.63) is 95.6 Å². The van der Waals surface area contributed by atoms with Crippen LogP contribution >= 0.6 is 0 Å². The molecule has 11 heteroatoms. The second-order valence-corrected chi connectivity index (χ2v) is 13.0. The zero-order valence-electron chi connectivity index (χ0n) is 22.8. The van der Waals surface area contributed by atoms with E-state index in [4.69, 9.17) is 4.74 Å². The number of hydrogen-bond donors (Lipinski definition) is 1. The highest BCUT2D eigenvalue weighted by Gasteiger charge is 2.47. The molecule has 1 N–H and O–H groups in total. The number of fused-ring (bicyclic) bond motifs is 1. The van der Waals surface area contributed by atoms with Crippen LogP contribution in [0.25, 0.3) is 0 Å². The third kappa shape index (κ3) is 5.57. The first-order valence-electron chi connectivity index (χ1n) is 14.1. The molecule has 3 aromatic carbocycles. The topological polar surface area (TPSA) is 96.0 Å². The number of carbonyl (C=O) groups is 2. The average molecular weight is 596 g/mol. The summed E-state index contributed by atoms with van der Waals surface area (Å²) in [5.74, 6) is -3.75. The van der Waals surface area contributed by atoms with Gasteiger partial charge in [-0.05, 0) is 36.8 Å². The van der Waals surface area contributed by atoms with Gasteiger partial charge in [0.1, 0.15) is 11.8 Å². The Morgan fingerprint density at radius 3 is 2.17 bits per heavy atom. The Hall–Kier alpha value is -3.99. The first-order chi connectivity index (χ1) is 20.2. The van der Waals surface area contributed by atoms with E-state index in [2.05, 4.69) is 4.72 Å². The normalized spacial score (nSPS) is 20.5. The number of nitrogens with zero attached hydrogens (tertiary/aromatic N) is 2. The van der Waals surface area contributed by atoms with Gasteiger partial charge in [-0.3, -0.25) is 14.3 Å². The molecular formula is C31H31F2N3O5S. The van der Waals surface area contributed by atoms with Gasteiger partial charge >= 0.3 is 0 Å². The fraction of sp³-hybridized carbons (Fsp3) is 0.355. The van der Waals surface area contributed by atoms with Gasteiger partial charge in [0, 0.05) is 31.3 Å². The van der Waals surface area contributed by atoms with Gasteiger partial charge in [-0.25, -0.2) is 17.2 Å². The van der Waals surface area contributed by atoms with Gasteiger partial charge in [0.15, 0.2) is 11.6 Å². The summed E-state index contributed by atoms with van der Waals surface area (Å²) in [5.41, 5.74) is 1.79. The molecule has 0 bridgehead atoms. The van der Waals surface area contributed by atoms with E-state index in [1.54, 1.807) is 0 Å². The first-order valence-corrected chi connectivity index (χ1v) is 15.6. The summed E-state index contributed by atoms with van der Waals surface area (Å²) in [6.45, 7) is 0.785. The minimum atomic E-state index is -3.87. The van der Waals surface area contributed by atoms with E-state index in [9.17, 15) is 26.8 Å². The fourth-order valence-corrected chi connectivity index (χ4v) is 7.25. The summed E-state index contributed by atoms with van der Waals surface area (Å²) >= 11 is 0.